The Balaban J connectivity index is 2.21. The molecule has 0 heterocycles. The van der Waals surface area contributed by atoms with Gasteiger partial charge in [0.15, 0.2) is 0 Å². The maximum Gasteiger partial charge on any atom is 0.411 e. The van der Waals surface area contributed by atoms with E-state index in [2.05, 4.69) is 4.74 Å². The van der Waals surface area contributed by atoms with Crippen molar-refractivity contribution in [2.75, 3.05) is 13.2 Å². The molecule has 0 fully saturated rings. The van der Waals surface area contributed by atoms with Crippen LogP contribution in [0.4, 0.5) is 13.2 Å². The van der Waals surface area contributed by atoms with E-state index in [1.165, 1.54) is 5.56 Å². The van der Waals surface area contributed by atoms with E-state index >= 15 is 0 Å². The third-order valence-electron chi connectivity index (χ3n) is 2.52. The van der Waals surface area contributed by atoms with Gasteiger partial charge < -0.3 is 10.5 Å². The molecule has 2 nitrogen and oxygen atoms in total. The van der Waals surface area contributed by atoms with Gasteiger partial charge in [-0.15, -0.1) is 0 Å². The second kappa shape index (κ2) is 6.75. The van der Waals surface area contributed by atoms with Crippen molar-refractivity contribution in [2.24, 2.45) is 5.73 Å². The lowest BCUT2D eigenvalue weighted by atomic mass is 10.0. The molecule has 0 aliphatic heterocycles. The first kappa shape index (κ1) is 15.0. The number of hydrogen-bond donors (Lipinski definition) is 1. The molecule has 5 heteroatoms. The molecule has 102 valence electrons. The Kier molecular flexibility index (Phi) is 5.62. The smallest absolute Gasteiger partial charge is 0.372 e. The molecule has 18 heavy (non-hydrogen) atoms. The van der Waals surface area contributed by atoms with Crippen molar-refractivity contribution in [3.63, 3.8) is 0 Å². The van der Waals surface area contributed by atoms with Gasteiger partial charge in [-0.1, -0.05) is 29.8 Å². The number of alkyl halides is 3. The summed E-state index contributed by atoms with van der Waals surface area (Å²) < 4.78 is 39.9. The van der Waals surface area contributed by atoms with Crippen LogP contribution in [-0.4, -0.2) is 25.4 Å². The maximum absolute atomic E-state index is 11.8. The molecular formula is C13H18F3NO. The Morgan fingerprint density at radius 3 is 2.39 bits per heavy atom. The van der Waals surface area contributed by atoms with E-state index in [0.717, 1.165) is 5.56 Å². The summed E-state index contributed by atoms with van der Waals surface area (Å²) in [5.74, 6) is 0. The number of benzene rings is 1. The van der Waals surface area contributed by atoms with E-state index in [-0.39, 0.29) is 12.6 Å². The highest BCUT2D eigenvalue weighted by Crippen LogP contribution is 2.14. The van der Waals surface area contributed by atoms with E-state index in [4.69, 9.17) is 5.73 Å². The first-order valence-electron chi connectivity index (χ1n) is 5.82. The van der Waals surface area contributed by atoms with Gasteiger partial charge in [0.25, 0.3) is 0 Å². The van der Waals surface area contributed by atoms with Crippen molar-refractivity contribution in [2.45, 2.75) is 32.0 Å². The fourth-order valence-corrected chi connectivity index (χ4v) is 1.55. The first-order valence-corrected chi connectivity index (χ1v) is 5.82. The van der Waals surface area contributed by atoms with Crippen molar-refractivity contribution >= 4 is 0 Å². The van der Waals surface area contributed by atoms with Crippen LogP contribution in [0.5, 0.6) is 0 Å². The molecule has 0 aliphatic rings. The highest BCUT2D eigenvalue weighted by atomic mass is 19.4. The van der Waals surface area contributed by atoms with E-state index in [1.807, 2.05) is 31.2 Å². The van der Waals surface area contributed by atoms with Crippen molar-refractivity contribution in [3.05, 3.63) is 35.4 Å². The molecule has 1 atom stereocenters. The van der Waals surface area contributed by atoms with Crippen LogP contribution in [0, 0.1) is 6.92 Å². The number of hydrogen-bond acceptors (Lipinski definition) is 2. The number of rotatable bonds is 6. The summed E-state index contributed by atoms with van der Waals surface area (Å²) in [6.45, 7) is 0.825. The summed E-state index contributed by atoms with van der Waals surface area (Å²) >= 11 is 0. The Morgan fingerprint density at radius 1 is 1.22 bits per heavy atom. The van der Waals surface area contributed by atoms with Gasteiger partial charge in [0.05, 0.1) is 0 Å². The van der Waals surface area contributed by atoms with Crippen LogP contribution in [0.25, 0.3) is 0 Å². The maximum atomic E-state index is 11.8. The van der Waals surface area contributed by atoms with E-state index in [9.17, 15) is 13.2 Å². The lowest BCUT2D eigenvalue weighted by molar-refractivity contribution is -0.174. The molecule has 0 aromatic heterocycles. The van der Waals surface area contributed by atoms with Gasteiger partial charge in [-0.2, -0.15) is 13.2 Å². The molecule has 0 amide bonds. The lowest BCUT2D eigenvalue weighted by Crippen LogP contribution is -2.26. The largest absolute Gasteiger partial charge is 0.411 e. The zero-order valence-electron chi connectivity index (χ0n) is 10.3. The van der Waals surface area contributed by atoms with E-state index < -0.39 is 12.8 Å². The van der Waals surface area contributed by atoms with Gasteiger partial charge in [-0.05, 0) is 25.3 Å². The molecule has 1 aromatic carbocycles. The zero-order valence-corrected chi connectivity index (χ0v) is 10.3. The van der Waals surface area contributed by atoms with E-state index in [0.29, 0.717) is 12.8 Å². The van der Waals surface area contributed by atoms with Crippen LogP contribution in [0.2, 0.25) is 0 Å². The Morgan fingerprint density at radius 2 is 1.83 bits per heavy atom. The SMILES string of the molecule is Cc1ccc(CC(N)CCOCC(F)(F)F)cc1. The monoisotopic (exact) mass is 261 g/mol. The van der Waals surface area contributed by atoms with Gasteiger partial charge in [0.1, 0.15) is 6.61 Å². The summed E-state index contributed by atoms with van der Waals surface area (Å²) in [7, 11) is 0. The van der Waals surface area contributed by atoms with Crippen LogP contribution in [0.15, 0.2) is 24.3 Å². The molecule has 0 saturated carbocycles. The summed E-state index contributed by atoms with van der Waals surface area (Å²) in [5.41, 5.74) is 8.09. The predicted molar refractivity (Wildman–Crippen MR) is 64.3 cm³/mol. The van der Waals surface area contributed by atoms with Crippen LogP contribution in [0.1, 0.15) is 17.5 Å². The average molecular weight is 261 g/mol. The third-order valence-corrected chi connectivity index (χ3v) is 2.52. The van der Waals surface area contributed by atoms with Crippen LogP contribution in [0.3, 0.4) is 0 Å². The Labute approximate surface area is 105 Å². The summed E-state index contributed by atoms with van der Waals surface area (Å²) in [4.78, 5) is 0. The topological polar surface area (TPSA) is 35.2 Å². The van der Waals surface area contributed by atoms with Crippen molar-refractivity contribution in [3.8, 4) is 0 Å². The molecule has 0 aliphatic carbocycles. The normalized spacial score (nSPS) is 13.6. The first-order chi connectivity index (χ1) is 8.37. The Bertz CT molecular complexity index is 348. The number of aryl methyl sites for hydroxylation is 1. The fraction of sp³-hybridized carbons (Fsp3) is 0.538. The summed E-state index contributed by atoms with van der Waals surface area (Å²) in [6.07, 6.45) is -3.19. The van der Waals surface area contributed by atoms with Gasteiger partial charge in [-0.3, -0.25) is 0 Å². The standard InChI is InChI=1S/C13H18F3NO/c1-10-2-4-11(5-3-10)8-12(17)6-7-18-9-13(14,15)16/h2-5,12H,6-9,17H2,1H3. The highest BCUT2D eigenvalue weighted by Gasteiger charge is 2.27. The minimum Gasteiger partial charge on any atom is -0.372 e. The molecule has 1 rings (SSSR count). The van der Waals surface area contributed by atoms with Crippen LogP contribution < -0.4 is 5.73 Å². The highest BCUT2D eigenvalue weighted by molar-refractivity contribution is 5.21. The molecule has 0 radical (unpaired) electrons. The van der Waals surface area contributed by atoms with Gasteiger partial charge >= 0.3 is 6.18 Å². The zero-order chi connectivity index (χ0) is 13.6. The second-order valence-corrected chi connectivity index (χ2v) is 4.41. The van der Waals surface area contributed by atoms with Gasteiger partial charge in [0.2, 0.25) is 0 Å². The van der Waals surface area contributed by atoms with Gasteiger partial charge in [-0.25, -0.2) is 0 Å². The third kappa shape index (κ3) is 6.61. The average Bonchev–Trinajstić information content (AvgIpc) is 2.26. The summed E-state index contributed by atoms with van der Waals surface area (Å²) in [6, 6.07) is 7.75. The number of ether oxygens (including phenoxy) is 1. The molecule has 0 spiro atoms. The van der Waals surface area contributed by atoms with Crippen LogP contribution >= 0.6 is 0 Å². The molecule has 1 unspecified atom stereocenters. The molecule has 1 aromatic rings. The van der Waals surface area contributed by atoms with Gasteiger partial charge in [0, 0.05) is 12.6 Å². The van der Waals surface area contributed by atoms with Crippen molar-refractivity contribution < 1.29 is 17.9 Å². The minimum atomic E-state index is -4.26. The fourth-order valence-electron chi connectivity index (χ4n) is 1.55. The van der Waals surface area contributed by atoms with Crippen molar-refractivity contribution in [1.29, 1.82) is 0 Å². The second-order valence-electron chi connectivity index (χ2n) is 4.41. The van der Waals surface area contributed by atoms with Crippen LogP contribution in [-0.2, 0) is 11.2 Å². The molecule has 0 bridgehead atoms. The number of nitrogens with two attached hydrogens (primary N) is 1. The lowest BCUT2D eigenvalue weighted by Gasteiger charge is -2.13. The Hall–Kier alpha value is -1.07. The predicted octanol–water partition coefficient (Wildman–Crippen LogP) is 2.83. The molecule has 2 N–H and O–H groups in total. The molecule has 0 saturated heterocycles. The summed E-state index contributed by atoms with van der Waals surface area (Å²) in [5, 5.41) is 0. The number of halogens is 3. The van der Waals surface area contributed by atoms with Crippen molar-refractivity contribution in [1.82, 2.24) is 0 Å². The van der Waals surface area contributed by atoms with E-state index in [1.54, 1.807) is 0 Å². The quantitative estimate of drug-likeness (QED) is 0.799. The molecular weight excluding hydrogens is 243 g/mol. The minimum absolute atomic E-state index is 0.0343.